The Morgan fingerprint density at radius 1 is 1.23 bits per heavy atom. The van der Waals surface area contributed by atoms with Crippen LogP contribution in [0.3, 0.4) is 0 Å². The second-order valence-electron chi connectivity index (χ2n) is 7.72. The number of hydrogen-bond donors (Lipinski definition) is 1. The number of carbonyl (C=O) groups excluding carboxylic acids is 1. The van der Waals surface area contributed by atoms with Crippen molar-refractivity contribution >= 4 is 17.8 Å². The number of nitrogens with one attached hydrogen (secondary N) is 1. The fraction of sp³-hybridized carbons (Fsp3) is 0.524. The molecule has 2 heterocycles. The molecule has 5 heteroatoms. The number of anilines is 1. The topological polar surface area (TPSA) is 47.9 Å². The molecule has 0 atom stereocenters. The average Bonchev–Trinajstić information content (AvgIpc) is 2.85. The van der Waals surface area contributed by atoms with E-state index < -0.39 is 0 Å². The largest absolute Gasteiger partial charge is 0.347 e. The number of piperidine rings is 1. The Bertz CT molecular complexity index is 702. The highest BCUT2D eigenvalue weighted by atomic mass is 16.2. The summed E-state index contributed by atoms with van der Waals surface area (Å²) in [5.74, 6) is -0.0208. The lowest BCUT2D eigenvalue weighted by atomic mass is 9.84. The SMILES string of the molecule is CN1/C(=C/C=N\NC(=O)CCN2CCCCC2)C(C)(C)c2ccccc21. The molecule has 0 aromatic heterocycles. The van der Waals surface area contributed by atoms with Gasteiger partial charge in [0.1, 0.15) is 0 Å². The van der Waals surface area contributed by atoms with Gasteiger partial charge in [-0.25, -0.2) is 5.43 Å². The molecule has 1 saturated heterocycles. The van der Waals surface area contributed by atoms with Gasteiger partial charge in [-0.1, -0.05) is 38.5 Å². The van der Waals surface area contributed by atoms with Gasteiger partial charge in [0, 0.05) is 43.0 Å². The number of carbonyl (C=O) groups is 1. The number of likely N-dealkylation sites (N-methyl/N-ethyl adjacent to an activating group) is 1. The molecule has 0 saturated carbocycles. The number of fused-ring (bicyclic) bond motifs is 1. The van der Waals surface area contributed by atoms with Crippen molar-refractivity contribution < 1.29 is 4.79 Å². The zero-order valence-corrected chi connectivity index (χ0v) is 16.2. The number of amides is 1. The summed E-state index contributed by atoms with van der Waals surface area (Å²) in [5, 5.41) is 4.12. The molecule has 0 unspecified atom stereocenters. The van der Waals surface area contributed by atoms with E-state index in [-0.39, 0.29) is 11.3 Å². The number of likely N-dealkylation sites (tertiary alicyclic amines) is 1. The van der Waals surface area contributed by atoms with Crippen molar-refractivity contribution in [2.75, 3.05) is 31.6 Å². The summed E-state index contributed by atoms with van der Waals surface area (Å²) in [6.45, 7) is 7.49. The molecule has 0 radical (unpaired) electrons. The van der Waals surface area contributed by atoms with E-state index in [1.54, 1.807) is 6.21 Å². The third-order valence-corrected chi connectivity index (χ3v) is 5.54. The average molecular weight is 354 g/mol. The Kier molecular flexibility index (Phi) is 5.77. The lowest BCUT2D eigenvalue weighted by Crippen LogP contribution is -2.33. The minimum atomic E-state index is -0.0738. The third kappa shape index (κ3) is 3.98. The predicted molar refractivity (Wildman–Crippen MR) is 107 cm³/mol. The fourth-order valence-electron chi connectivity index (χ4n) is 4.02. The molecular weight excluding hydrogens is 324 g/mol. The van der Waals surface area contributed by atoms with E-state index in [1.165, 1.54) is 36.2 Å². The minimum absolute atomic E-state index is 0.0208. The fourth-order valence-corrected chi connectivity index (χ4v) is 4.02. The first kappa shape index (κ1) is 18.6. The highest BCUT2D eigenvalue weighted by molar-refractivity contribution is 5.81. The summed E-state index contributed by atoms with van der Waals surface area (Å²) < 4.78 is 0. The molecule has 1 amide bonds. The van der Waals surface area contributed by atoms with E-state index in [0.717, 1.165) is 19.6 Å². The molecule has 3 rings (SSSR count). The van der Waals surface area contributed by atoms with Gasteiger partial charge in [-0.15, -0.1) is 0 Å². The predicted octanol–water partition coefficient (Wildman–Crippen LogP) is 3.28. The van der Waals surface area contributed by atoms with E-state index >= 15 is 0 Å². The van der Waals surface area contributed by atoms with Crippen molar-refractivity contribution in [3.8, 4) is 0 Å². The van der Waals surface area contributed by atoms with Crippen molar-refractivity contribution in [2.24, 2.45) is 5.10 Å². The van der Waals surface area contributed by atoms with Crippen LogP contribution in [-0.4, -0.2) is 43.7 Å². The molecule has 0 bridgehead atoms. The molecule has 2 aliphatic heterocycles. The van der Waals surface area contributed by atoms with E-state index in [4.69, 9.17) is 0 Å². The number of hydrazone groups is 1. The van der Waals surface area contributed by atoms with Crippen molar-refractivity contribution in [2.45, 2.75) is 44.9 Å². The smallest absolute Gasteiger partial charge is 0.241 e. The standard InChI is InChI=1S/C21H30N4O/c1-21(2)17-9-5-6-10-18(17)24(3)19(21)11-13-22-23-20(26)12-16-25-14-7-4-8-15-25/h5-6,9-11,13H,4,7-8,12,14-16H2,1-3H3,(H,23,26)/b19-11+,22-13-. The van der Waals surface area contributed by atoms with Gasteiger partial charge in [-0.2, -0.15) is 5.10 Å². The van der Waals surface area contributed by atoms with Gasteiger partial charge in [0.05, 0.1) is 0 Å². The Labute approximate surface area is 156 Å². The molecule has 5 nitrogen and oxygen atoms in total. The maximum atomic E-state index is 12.0. The van der Waals surface area contributed by atoms with Crippen molar-refractivity contribution in [1.82, 2.24) is 10.3 Å². The molecule has 0 spiro atoms. The Hall–Kier alpha value is -2.14. The maximum Gasteiger partial charge on any atom is 0.241 e. The molecule has 1 aromatic carbocycles. The van der Waals surface area contributed by atoms with E-state index in [1.807, 2.05) is 6.08 Å². The van der Waals surface area contributed by atoms with Crippen LogP contribution in [0.2, 0.25) is 0 Å². The molecule has 140 valence electrons. The summed E-state index contributed by atoms with van der Waals surface area (Å²) >= 11 is 0. The first-order valence-electron chi connectivity index (χ1n) is 9.58. The molecule has 1 N–H and O–H groups in total. The summed E-state index contributed by atoms with van der Waals surface area (Å²) in [7, 11) is 2.07. The Balaban J connectivity index is 1.53. The summed E-state index contributed by atoms with van der Waals surface area (Å²) in [6, 6.07) is 8.45. The minimum Gasteiger partial charge on any atom is -0.347 e. The second-order valence-corrected chi connectivity index (χ2v) is 7.72. The quantitative estimate of drug-likeness (QED) is 0.652. The number of hydrogen-bond acceptors (Lipinski definition) is 4. The molecular formula is C21H30N4O. The van der Waals surface area contributed by atoms with Crippen LogP contribution in [0.25, 0.3) is 0 Å². The first-order valence-corrected chi connectivity index (χ1v) is 9.58. The van der Waals surface area contributed by atoms with Crippen molar-refractivity contribution in [3.05, 3.63) is 41.6 Å². The van der Waals surface area contributed by atoms with E-state index in [2.05, 4.69) is 65.5 Å². The van der Waals surface area contributed by atoms with Crippen LogP contribution < -0.4 is 10.3 Å². The van der Waals surface area contributed by atoms with Crippen LogP contribution >= 0.6 is 0 Å². The van der Waals surface area contributed by atoms with Gasteiger partial charge in [0.15, 0.2) is 0 Å². The Morgan fingerprint density at radius 3 is 2.69 bits per heavy atom. The monoisotopic (exact) mass is 354 g/mol. The van der Waals surface area contributed by atoms with E-state index in [9.17, 15) is 4.79 Å². The van der Waals surface area contributed by atoms with Crippen LogP contribution in [0.1, 0.15) is 45.1 Å². The third-order valence-electron chi connectivity index (χ3n) is 5.54. The Morgan fingerprint density at radius 2 is 1.96 bits per heavy atom. The van der Waals surface area contributed by atoms with Gasteiger partial charge >= 0.3 is 0 Å². The summed E-state index contributed by atoms with van der Waals surface area (Å²) in [6.07, 6.45) is 8.00. The molecule has 1 aromatic rings. The van der Waals surface area contributed by atoms with Gasteiger partial charge in [0.25, 0.3) is 0 Å². The highest BCUT2D eigenvalue weighted by Crippen LogP contribution is 2.46. The number of para-hydroxylation sites is 1. The zero-order chi connectivity index (χ0) is 18.6. The molecule has 1 fully saturated rings. The lowest BCUT2D eigenvalue weighted by molar-refractivity contribution is -0.121. The molecule has 0 aliphatic carbocycles. The van der Waals surface area contributed by atoms with Gasteiger partial charge in [-0.05, 0) is 43.6 Å². The number of benzene rings is 1. The zero-order valence-electron chi connectivity index (χ0n) is 16.2. The first-order chi connectivity index (χ1) is 12.5. The van der Waals surface area contributed by atoms with Crippen LogP contribution in [0.4, 0.5) is 5.69 Å². The van der Waals surface area contributed by atoms with E-state index in [0.29, 0.717) is 6.42 Å². The van der Waals surface area contributed by atoms with Gasteiger partial charge in [-0.3, -0.25) is 4.79 Å². The van der Waals surface area contributed by atoms with Crippen LogP contribution in [0, 0.1) is 0 Å². The number of allylic oxidation sites excluding steroid dienone is 2. The van der Waals surface area contributed by atoms with Crippen LogP contribution in [0.15, 0.2) is 41.1 Å². The second kappa shape index (κ2) is 8.04. The van der Waals surface area contributed by atoms with Crippen molar-refractivity contribution in [1.29, 1.82) is 0 Å². The van der Waals surface area contributed by atoms with Gasteiger partial charge < -0.3 is 9.80 Å². The maximum absolute atomic E-state index is 12.0. The molecule has 26 heavy (non-hydrogen) atoms. The summed E-state index contributed by atoms with van der Waals surface area (Å²) in [4.78, 5) is 16.5. The number of rotatable bonds is 5. The van der Waals surface area contributed by atoms with Crippen molar-refractivity contribution in [3.63, 3.8) is 0 Å². The van der Waals surface area contributed by atoms with Gasteiger partial charge in [0.2, 0.25) is 5.91 Å². The number of nitrogens with zero attached hydrogens (tertiary/aromatic N) is 3. The van der Waals surface area contributed by atoms with Crippen LogP contribution in [-0.2, 0) is 10.2 Å². The lowest BCUT2D eigenvalue weighted by Gasteiger charge is -2.25. The highest BCUT2D eigenvalue weighted by Gasteiger charge is 2.37. The normalized spacial score (nSPS) is 21.3. The molecule has 2 aliphatic rings. The summed E-state index contributed by atoms with van der Waals surface area (Å²) in [5.41, 5.74) is 6.29. The van der Waals surface area contributed by atoms with Crippen LogP contribution in [0.5, 0.6) is 0 Å².